The molecule has 0 N–H and O–H groups in total. The molecule has 4 nitrogen and oxygen atoms in total. The van der Waals surface area contributed by atoms with Gasteiger partial charge in [-0.2, -0.15) is 5.26 Å². The summed E-state index contributed by atoms with van der Waals surface area (Å²) in [5.74, 6) is 1.02. The molecule has 0 saturated carbocycles. The number of nitrogens with zero attached hydrogens (tertiary/aromatic N) is 3. The van der Waals surface area contributed by atoms with Crippen molar-refractivity contribution in [1.82, 2.24) is 5.16 Å². The molecule has 0 aliphatic heterocycles. The lowest BCUT2D eigenvalue weighted by Gasteiger charge is -2.22. The van der Waals surface area contributed by atoms with E-state index in [1.807, 2.05) is 43.3 Å². The first-order chi connectivity index (χ1) is 9.72. The lowest BCUT2D eigenvalue weighted by atomic mass is 9.81. The van der Waals surface area contributed by atoms with E-state index in [1.165, 1.54) is 5.56 Å². The van der Waals surface area contributed by atoms with Crippen molar-refractivity contribution >= 4 is 5.88 Å². The Bertz CT molecular complexity index is 667. The molecule has 1 aliphatic rings. The van der Waals surface area contributed by atoms with Gasteiger partial charge in [0.05, 0.1) is 17.3 Å². The van der Waals surface area contributed by atoms with Crippen LogP contribution in [-0.4, -0.2) is 19.3 Å². The average molecular weight is 267 g/mol. The van der Waals surface area contributed by atoms with E-state index in [0.717, 1.165) is 42.0 Å². The highest BCUT2D eigenvalue weighted by molar-refractivity contribution is 5.51. The second kappa shape index (κ2) is 5.01. The van der Waals surface area contributed by atoms with Crippen LogP contribution in [-0.2, 0) is 6.42 Å². The molecule has 0 fully saturated rings. The van der Waals surface area contributed by atoms with Crippen molar-refractivity contribution in [2.75, 3.05) is 19.0 Å². The van der Waals surface area contributed by atoms with E-state index >= 15 is 0 Å². The zero-order chi connectivity index (χ0) is 14.1. The second-order valence-corrected chi connectivity index (χ2v) is 5.39. The van der Waals surface area contributed by atoms with Crippen LogP contribution in [0.1, 0.15) is 41.1 Å². The van der Waals surface area contributed by atoms with Crippen LogP contribution in [0.25, 0.3) is 0 Å². The van der Waals surface area contributed by atoms with Crippen molar-refractivity contribution in [1.29, 1.82) is 5.26 Å². The molecular formula is C16H17N3O. The monoisotopic (exact) mass is 267 g/mol. The maximum absolute atomic E-state index is 9.29. The standard InChI is InChI=1S/C16H17N3O/c1-19(2)16-14-9-5-8-13(15(14)18-20-16)12-7-4-3-6-11(12)10-17/h3-4,6-7,13H,5,8-9H2,1-2H3. The van der Waals surface area contributed by atoms with Gasteiger partial charge in [-0.25, -0.2) is 0 Å². The van der Waals surface area contributed by atoms with Gasteiger partial charge in [0.25, 0.3) is 0 Å². The molecule has 0 bridgehead atoms. The SMILES string of the molecule is CN(C)c1onc2c1CCCC2c1ccccc1C#N. The summed E-state index contributed by atoms with van der Waals surface area (Å²) in [6.45, 7) is 0. The van der Waals surface area contributed by atoms with Crippen LogP contribution in [0.3, 0.4) is 0 Å². The minimum Gasteiger partial charge on any atom is -0.347 e. The Kier molecular flexibility index (Phi) is 3.19. The van der Waals surface area contributed by atoms with E-state index < -0.39 is 0 Å². The Morgan fingerprint density at radius 3 is 2.90 bits per heavy atom. The van der Waals surface area contributed by atoms with Gasteiger partial charge in [-0.15, -0.1) is 0 Å². The molecule has 0 saturated heterocycles. The smallest absolute Gasteiger partial charge is 0.230 e. The largest absolute Gasteiger partial charge is 0.347 e. The zero-order valence-electron chi connectivity index (χ0n) is 11.8. The topological polar surface area (TPSA) is 53.1 Å². The van der Waals surface area contributed by atoms with Crippen LogP contribution in [0.15, 0.2) is 28.8 Å². The Hall–Kier alpha value is -2.28. The number of hydrogen-bond donors (Lipinski definition) is 0. The number of hydrogen-bond acceptors (Lipinski definition) is 4. The zero-order valence-corrected chi connectivity index (χ0v) is 11.8. The summed E-state index contributed by atoms with van der Waals surface area (Å²) in [6.07, 6.45) is 3.11. The molecule has 1 aromatic carbocycles. The summed E-state index contributed by atoms with van der Waals surface area (Å²) in [5.41, 5.74) is 4.00. The summed E-state index contributed by atoms with van der Waals surface area (Å²) in [7, 11) is 3.93. The molecule has 1 heterocycles. The summed E-state index contributed by atoms with van der Waals surface area (Å²) >= 11 is 0. The van der Waals surface area contributed by atoms with Crippen LogP contribution in [0.4, 0.5) is 5.88 Å². The molecule has 0 amide bonds. The predicted molar refractivity (Wildman–Crippen MR) is 76.8 cm³/mol. The quantitative estimate of drug-likeness (QED) is 0.839. The Labute approximate surface area is 118 Å². The van der Waals surface area contributed by atoms with Crippen LogP contribution < -0.4 is 4.90 Å². The van der Waals surface area contributed by atoms with Crippen molar-refractivity contribution in [3.63, 3.8) is 0 Å². The van der Waals surface area contributed by atoms with Crippen LogP contribution in [0.2, 0.25) is 0 Å². The van der Waals surface area contributed by atoms with Crippen LogP contribution in [0.5, 0.6) is 0 Å². The fourth-order valence-corrected chi connectivity index (χ4v) is 3.00. The van der Waals surface area contributed by atoms with Crippen LogP contribution in [0, 0.1) is 11.3 Å². The number of nitriles is 1. The molecular weight excluding hydrogens is 250 g/mol. The highest BCUT2D eigenvalue weighted by atomic mass is 16.5. The van der Waals surface area contributed by atoms with E-state index in [1.54, 1.807) is 0 Å². The molecule has 0 radical (unpaired) electrons. The number of aromatic nitrogens is 1. The van der Waals surface area contributed by atoms with Gasteiger partial charge in [-0.3, -0.25) is 0 Å². The molecule has 20 heavy (non-hydrogen) atoms. The highest BCUT2D eigenvalue weighted by Gasteiger charge is 2.30. The Balaban J connectivity index is 2.09. The molecule has 1 aromatic heterocycles. The van der Waals surface area contributed by atoms with Gasteiger partial charge in [0, 0.05) is 25.6 Å². The molecule has 1 unspecified atom stereocenters. The molecule has 2 aromatic rings. The first-order valence-electron chi connectivity index (χ1n) is 6.87. The number of rotatable bonds is 2. The predicted octanol–water partition coefficient (Wildman–Crippen LogP) is 3.08. The Morgan fingerprint density at radius 2 is 2.15 bits per heavy atom. The molecule has 0 spiro atoms. The first kappa shape index (κ1) is 12.7. The second-order valence-electron chi connectivity index (χ2n) is 5.39. The van der Waals surface area contributed by atoms with Crippen molar-refractivity contribution in [3.05, 3.63) is 46.6 Å². The maximum Gasteiger partial charge on any atom is 0.230 e. The number of benzene rings is 1. The lowest BCUT2D eigenvalue weighted by Crippen LogP contribution is -2.15. The molecule has 1 atom stereocenters. The summed E-state index contributed by atoms with van der Waals surface area (Å²) in [6, 6.07) is 10.1. The Morgan fingerprint density at radius 1 is 1.35 bits per heavy atom. The average Bonchev–Trinajstić information content (AvgIpc) is 2.91. The van der Waals surface area contributed by atoms with Gasteiger partial charge in [0.1, 0.15) is 0 Å². The van der Waals surface area contributed by atoms with Crippen LogP contribution >= 0.6 is 0 Å². The first-order valence-corrected chi connectivity index (χ1v) is 6.87. The third kappa shape index (κ3) is 1.96. The van der Waals surface area contributed by atoms with E-state index in [-0.39, 0.29) is 5.92 Å². The maximum atomic E-state index is 9.29. The van der Waals surface area contributed by atoms with Crippen molar-refractivity contribution < 1.29 is 4.52 Å². The van der Waals surface area contributed by atoms with Crippen molar-refractivity contribution in [2.45, 2.75) is 25.2 Å². The van der Waals surface area contributed by atoms with E-state index in [4.69, 9.17) is 4.52 Å². The van der Waals surface area contributed by atoms with E-state index in [0.29, 0.717) is 0 Å². The molecule has 102 valence electrons. The minimum atomic E-state index is 0.173. The summed E-state index contributed by atoms with van der Waals surface area (Å²) < 4.78 is 5.50. The van der Waals surface area contributed by atoms with E-state index in [2.05, 4.69) is 11.2 Å². The lowest BCUT2D eigenvalue weighted by molar-refractivity contribution is 0.411. The third-order valence-electron chi connectivity index (χ3n) is 3.91. The van der Waals surface area contributed by atoms with Gasteiger partial charge < -0.3 is 9.42 Å². The molecule has 4 heteroatoms. The van der Waals surface area contributed by atoms with Gasteiger partial charge in [0.2, 0.25) is 5.88 Å². The van der Waals surface area contributed by atoms with Crippen molar-refractivity contribution in [3.8, 4) is 6.07 Å². The minimum absolute atomic E-state index is 0.173. The normalized spacial score (nSPS) is 17.4. The summed E-state index contributed by atoms with van der Waals surface area (Å²) in [5, 5.41) is 13.6. The third-order valence-corrected chi connectivity index (χ3v) is 3.91. The van der Waals surface area contributed by atoms with E-state index in [9.17, 15) is 5.26 Å². The van der Waals surface area contributed by atoms with Crippen molar-refractivity contribution in [2.24, 2.45) is 0 Å². The van der Waals surface area contributed by atoms with Gasteiger partial charge in [-0.1, -0.05) is 23.4 Å². The fraction of sp³-hybridized carbons (Fsp3) is 0.375. The number of anilines is 1. The number of fused-ring (bicyclic) bond motifs is 1. The summed E-state index contributed by atoms with van der Waals surface area (Å²) in [4.78, 5) is 1.96. The van der Waals surface area contributed by atoms with Gasteiger partial charge in [-0.05, 0) is 30.9 Å². The highest BCUT2D eigenvalue weighted by Crippen LogP contribution is 2.40. The molecule has 1 aliphatic carbocycles. The fourth-order valence-electron chi connectivity index (χ4n) is 3.00. The molecule has 3 rings (SSSR count). The van der Waals surface area contributed by atoms with Gasteiger partial charge >= 0.3 is 0 Å². The van der Waals surface area contributed by atoms with Gasteiger partial charge in [0.15, 0.2) is 0 Å².